The Morgan fingerprint density at radius 1 is 1.22 bits per heavy atom. The van der Waals surface area contributed by atoms with Gasteiger partial charge in [0.1, 0.15) is 11.5 Å². The number of hydrogen-bond donors (Lipinski definition) is 1. The van der Waals surface area contributed by atoms with Crippen LogP contribution in [0, 0.1) is 11.7 Å². The Balaban J connectivity index is 1.62. The molecule has 1 aromatic carbocycles. The SMILES string of the molecule is NC(=O)Cc1cnc2ccc(-c3c(-c4ccc(F)c(Cl)c4)ncn3CCC3CCC3)nn12. The van der Waals surface area contributed by atoms with Crippen molar-refractivity contribution in [2.75, 3.05) is 0 Å². The average molecular weight is 453 g/mol. The first-order valence-electron chi connectivity index (χ1n) is 10.6. The van der Waals surface area contributed by atoms with Gasteiger partial charge in [0, 0.05) is 12.1 Å². The highest BCUT2D eigenvalue weighted by Crippen LogP contribution is 2.34. The second-order valence-corrected chi connectivity index (χ2v) is 8.64. The van der Waals surface area contributed by atoms with Crippen molar-refractivity contribution in [2.45, 2.75) is 38.6 Å². The molecule has 0 bridgehead atoms. The molecule has 0 unspecified atom stereocenters. The maximum Gasteiger partial charge on any atom is 0.223 e. The van der Waals surface area contributed by atoms with E-state index in [0.717, 1.165) is 24.6 Å². The fourth-order valence-electron chi connectivity index (χ4n) is 4.12. The summed E-state index contributed by atoms with van der Waals surface area (Å²) in [5.41, 5.74) is 9.47. The molecule has 4 aromatic rings. The van der Waals surface area contributed by atoms with E-state index in [1.54, 1.807) is 29.2 Å². The Morgan fingerprint density at radius 2 is 2.06 bits per heavy atom. The molecular formula is C23H22ClFN6O. The number of carbonyl (C=O) groups is 1. The third-order valence-electron chi connectivity index (χ3n) is 6.06. The van der Waals surface area contributed by atoms with Crippen molar-refractivity contribution in [3.8, 4) is 22.6 Å². The minimum atomic E-state index is -0.476. The zero-order chi connectivity index (χ0) is 22.2. The van der Waals surface area contributed by atoms with Crippen LogP contribution < -0.4 is 5.73 Å². The number of imidazole rings is 2. The molecule has 9 heteroatoms. The Hall–Kier alpha value is -3.26. The van der Waals surface area contributed by atoms with Gasteiger partial charge in [0.15, 0.2) is 5.65 Å². The molecule has 164 valence electrons. The summed E-state index contributed by atoms with van der Waals surface area (Å²) in [6, 6.07) is 8.30. The van der Waals surface area contributed by atoms with Gasteiger partial charge < -0.3 is 10.3 Å². The van der Waals surface area contributed by atoms with E-state index in [2.05, 4.69) is 14.5 Å². The lowest BCUT2D eigenvalue weighted by Crippen LogP contribution is -2.16. The molecule has 1 fully saturated rings. The van der Waals surface area contributed by atoms with Gasteiger partial charge in [-0.25, -0.2) is 18.9 Å². The summed E-state index contributed by atoms with van der Waals surface area (Å²) >= 11 is 6.05. The van der Waals surface area contributed by atoms with Crippen molar-refractivity contribution in [1.29, 1.82) is 0 Å². The Bertz CT molecular complexity index is 1310. The molecular weight excluding hydrogens is 431 g/mol. The number of primary amides is 1. The van der Waals surface area contributed by atoms with Gasteiger partial charge in [0.05, 0.1) is 41.0 Å². The fraction of sp³-hybridized carbons (Fsp3) is 0.304. The first kappa shape index (κ1) is 20.6. The van der Waals surface area contributed by atoms with Crippen LogP contribution in [0.4, 0.5) is 4.39 Å². The van der Waals surface area contributed by atoms with Gasteiger partial charge >= 0.3 is 0 Å². The molecule has 0 spiro atoms. The highest BCUT2D eigenvalue weighted by molar-refractivity contribution is 6.31. The number of rotatable bonds is 7. The van der Waals surface area contributed by atoms with Gasteiger partial charge in [0.2, 0.25) is 5.91 Å². The van der Waals surface area contributed by atoms with Gasteiger partial charge in [-0.3, -0.25) is 4.79 Å². The quantitative estimate of drug-likeness (QED) is 0.453. The summed E-state index contributed by atoms with van der Waals surface area (Å²) in [4.78, 5) is 20.4. The summed E-state index contributed by atoms with van der Waals surface area (Å²) in [7, 11) is 0. The lowest BCUT2D eigenvalue weighted by molar-refractivity contribution is -0.117. The molecule has 0 atom stereocenters. The second-order valence-electron chi connectivity index (χ2n) is 8.23. The number of nitrogens with zero attached hydrogens (tertiary/aromatic N) is 5. The van der Waals surface area contributed by atoms with Crippen LogP contribution in [0.15, 0.2) is 42.9 Å². The van der Waals surface area contributed by atoms with Crippen molar-refractivity contribution in [1.82, 2.24) is 24.1 Å². The number of amides is 1. The van der Waals surface area contributed by atoms with Gasteiger partial charge in [-0.2, -0.15) is 5.10 Å². The zero-order valence-electron chi connectivity index (χ0n) is 17.3. The Morgan fingerprint density at radius 3 is 2.78 bits per heavy atom. The third kappa shape index (κ3) is 3.86. The van der Waals surface area contributed by atoms with Crippen LogP contribution in [0.5, 0.6) is 0 Å². The molecule has 3 heterocycles. The normalized spacial score (nSPS) is 14.1. The van der Waals surface area contributed by atoms with Crippen molar-refractivity contribution in [3.05, 3.63) is 59.4 Å². The number of halogens is 2. The second kappa shape index (κ2) is 8.35. The predicted molar refractivity (Wildman–Crippen MR) is 119 cm³/mol. The van der Waals surface area contributed by atoms with E-state index >= 15 is 0 Å². The number of hydrogen-bond acceptors (Lipinski definition) is 4. The lowest BCUT2D eigenvalue weighted by atomic mass is 9.83. The highest BCUT2D eigenvalue weighted by Gasteiger charge is 2.21. The molecule has 32 heavy (non-hydrogen) atoms. The van der Waals surface area contributed by atoms with E-state index in [0.29, 0.717) is 28.3 Å². The van der Waals surface area contributed by atoms with Gasteiger partial charge in [-0.15, -0.1) is 0 Å². The molecule has 5 rings (SSSR count). The van der Waals surface area contributed by atoms with Crippen LogP contribution in [0.2, 0.25) is 5.02 Å². The molecule has 1 saturated carbocycles. The van der Waals surface area contributed by atoms with Crippen molar-refractivity contribution in [3.63, 3.8) is 0 Å². The van der Waals surface area contributed by atoms with E-state index in [4.69, 9.17) is 22.4 Å². The van der Waals surface area contributed by atoms with Crippen molar-refractivity contribution in [2.24, 2.45) is 11.7 Å². The topological polar surface area (TPSA) is 91.1 Å². The smallest absolute Gasteiger partial charge is 0.223 e. The highest BCUT2D eigenvalue weighted by atomic mass is 35.5. The summed E-state index contributed by atoms with van der Waals surface area (Å²) < 4.78 is 17.5. The predicted octanol–water partition coefficient (Wildman–Crippen LogP) is 4.27. The molecule has 0 aliphatic heterocycles. The monoisotopic (exact) mass is 452 g/mol. The van der Waals surface area contributed by atoms with Crippen LogP contribution in [-0.2, 0) is 17.8 Å². The Kier molecular flexibility index (Phi) is 5.38. The summed E-state index contributed by atoms with van der Waals surface area (Å²) in [5.74, 6) is -0.193. The number of carbonyl (C=O) groups excluding carboxylic acids is 1. The first-order valence-corrected chi connectivity index (χ1v) is 11.0. The molecule has 1 aliphatic rings. The van der Waals surface area contributed by atoms with Gasteiger partial charge in [-0.05, 0) is 42.7 Å². The average Bonchev–Trinajstić information content (AvgIpc) is 3.32. The van der Waals surface area contributed by atoms with Gasteiger partial charge in [0.25, 0.3) is 0 Å². The number of fused-ring (bicyclic) bond motifs is 1. The minimum absolute atomic E-state index is 0.0407. The molecule has 1 amide bonds. The van der Waals surface area contributed by atoms with Gasteiger partial charge in [-0.1, -0.05) is 30.9 Å². The summed E-state index contributed by atoms with van der Waals surface area (Å²) in [6.45, 7) is 0.805. The van der Waals surface area contributed by atoms with Crippen molar-refractivity contribution < 1.29 is 9.18 Å². The third-order valence-corrected chi connectivity index (χ3v) is 6.35. The van der Waals surface area contributed by atoms with E-state index < -0.39 is 11.7 Å². The zero-order valence-corrected chi connectivity index (χ0v) is 18.1. The van der Waals surface area contributed by atoms with E-state index in [1.165, 1.54) is 25.3 Å². The summed E-state index contributed by atoms with van der Waals surface area (Å²) in [6.07, 6.45) is 8.32. The largest absolute Gasteiger partial charge is 0.369 e. The summed E-state index contributed by atoms with van der Waals surface area (Å²) in [5, 5.41) is 4.80. The number of aromatic nitrogens is 5. The van der Waals surface area contributed by atoms with Crippen LogP contribution in [-0.4, -0.2) is 30.1 Å². The number of aryl methyl sites for hydroxylation is 1. The maximum atomic E-state index is 13.8. The van der Waals surface area contributed by atoms with Crippen LogP contribution in [0.1, 0.15) is 31.4 Å². The Labute approximate surface area is 189 Å². The molecule has 3 aromatic heterocycles. The van der Waals surface area contributed by atoms with Crippen molar-refractivity contribution >= 4 is 23.2 Å². The van der Waals surface area contributed by atoms with E-state index in [9.17, 15) is 9.18 Å². The number of nitrogens with two attached hydrogens (primary N) is 1. The molecule has 0 radical (unpaired) electrons. The molecule has 2 N–H and O–H groups in total. The fourth-order valence-corrected chi connectivity index (χ4v) is 4.30. The maximum absolute atomic E-state index is 13.8. The minimum Gasteiger partial charge on any atom is -0.369 e. The standard InChI is InChI=1S/C23H22ClFN6O/c24-17-10-15(4-5-18(17)25)22-23(30(13-28-22)9-8-14-2-1-3-14)19-6-7-21-27-12-16(11-20(26)32)31(21)29-19/h4-7,10,12-14H,1-3,8-9,11H2,(H2,26,32). The molecule has 7 nitrogen and oxygen atoms in total. The number of benzene rings is 1. The lowest BCUT2D eigenvalue weighted by Gasteiger charge is -2.25. The molecule has 1 aliphatic carbocycles. The van der Waals surface area contributed by atoms with Crippen LogP contribution in [0.3, 0.4) is 0 Å². The van der Waals surface area contributed by atoms with Crippen LogP contribution in [0.25, 0.3) is 28.3 Å². The van der Waals surface area contributed by atoms with Crippen LogP contribution >= 0.6 is 11.6 Å². The first-order chi connectivity index (χ1) is 15.5. The van der Waals surface area contributed by atoms with E-state index in [-0.39, 0.29) is 11.4 Å². The molecule has 0 saturated heterocycles. The van der Waals surface area contributed by atoms with E-state index in [1.807, 2.05) is 12.1 Å².